The highest BCUT2D eigenvalue weighted by molar-refractivity contribution is 5.98. The molecule has 1 fully saturated rings. The number of ether oxygens (including phenoxy) is 1. The number of rotatable bonds is 4. The summed E-state index contributed by atoms with van der Waals surface area (Å²) in [6, 6.07) is 1.24. The highest BCUT2D eigenvalue weighted by Crippen LogP contribution is 2.26. The first-order valence-corrected chi connectivity index (χ1v) is 7.23. The van der Waals surface area contributed by atoms with Gasteiger partial charge in [-0.3, -0.25) is 4.79 Å². The molecular weight excluding hydrogens is 273 g/mol. The predicted molar refractivity (Wildman–Crippen MR) is 78.9 cm³/mol. The number of halogens is 1. The van der Waals surface area contributed by atoms with E-state index in [1.807, 2.05) is 13.8 Å². The minimum absolute atomic E-state index is 0.207. The lowest BCUT2D eigenvalue weighted by Crippen LogP contribution is -2.49. The maximum Gasteiger partial charge on any atom is 0.257 e. The minimum Gasteiger partial charge on any atom is -0.377 e. The van der Waals surface area contributed by atoms with Gasteiger partial charge in [0.1, 0.15) is 11.6 Å². The van der Waals surface area contributed by atoms with E-state index in [0.717, 1.165) is 19.0 Å². The molecule has 0 radical (unpaired) electrons. The van der Waals surface area contributed by atoms with Crippen LogP contribution >= 0.6 is 0 Å². The molecule has 0 aliphatic carbocycles. The number of hydrogen-bond acceptors (Lipinski definition) is 4. The fourth-order valence-corrected chi connectivity index (χ4v) is 2.63. The number of piperidine rings is 1. The van der Waals surface area contributed by atoms with Crippen LogP contribution < -0.4 is 5.32 Å². The third-order valence-electron chi connectivity index (χ3n) is 3.87. The van der Waals surface area contributed by atoms with Gasteiger partial charge >= 0.3 is 0 Å². The van der Waals surface area contributed by atoms with Crippen molar-refractivity contribution in [3.63, 3.8) is 0 Å². The van der Waals surface area contributed by atoms with Crippen LogP contribution in [0.25, 0.3) is 0 Å². The number of carbonyl (C=O) groups excluding carboxylic acids is 1. The second kappa shape index (κ2) is 6.39. The highest BCUT2D eigenvalue weighted by atomic mass is 19.1. The van der Waals surface area contributed by atoms with Crippen LogP contribution in [0, 0.1) is 5.82 Å². The summed E-state index contributed by atoms with van der Waals surface area (Å²) in [5.41, 5.74) is -0.0651. The average Bonchev–Trinajstić information content (AvgIpc) is 2.48. The summed E-state index contributed by atoms with van der Waals surface area (Å²) < 4.78 is 18.9. The lowest BCUT2D eigenvalue weighted by atomic mass is 9.94. The zero-order valence-electron chi connectivity index (χ0n) is 12.8. The van der Waals surface area contributed by atoms with Gasteiger partial charge < -0.3 is 15.0 Å². The minimum atomic E-state index is -0.508. The van der Waals surface area contributed by atoms with Crippen LogP contribution in [-0.2, 0) is 4.74 Å². The van der Waals surface area contributed by atoms with Gasteiger partial charge in [-0.2, -0.15) is 0 Å². The van der Waals surface area contributed by atoms with Gasteiger partial charge in [-0.1, -0.05) is 0 Å². The van der Waals surface area contributed by atoms with Gasteiger partial charge in [0, 0.05) is 26.7 Å². The second-order valence-electron chi connectivity index (χ2n) is 5.56. The summed E-state index contributed by atoms with van der Waals surface area (Å²) in [5, 5.41) is 3.00. The average molecular weight is 295 g/mol. The molecule has 5 nitrogen and oxygen atoms in total. The maximum atomic E-state index is 13.4. The molecule has 0 saturated carbocycles. The van der Waals surface area contributed by atoms with Crippen LogP contribution in [-0.4, -0.2) is 48.1 Å². The van der Waals surface area contributed by atoms with Crippen LogP contribution in [0.2, 0.25) is 0 Å². The van der Waals surface area contributed by atoms with Crippen molar-refractivity contribution in [3.8, 4) is 0 Å². The van der Waals surface area contributed by atoms with E-state index in [2.05, 4.69) is 10.3 Å². The molecule has 0 spiro atoms. The van der Waals surface area contributed by atoms with Gasteiger partial charge in [-0.15, -0.1) is 0 Å². The van der Waals surface area contributed by atoms with E-state index in [1.165, 1.54) is 6.07 Å². The molecular formula is C15H22FN3O2. The molecule has 1 amide bonds. The van der Waals surface area contributed by atoms with E-state index in [1.54, 1.807) is 12.0 Å². The quantitative estimate of drug-likeness (QED) is 0.926. The lowest BCUT2D eigenvalue weighted by molar-refractivity contribution is -0.0440. The van der Waals surface area contributed by atoms with Gasteiger partial charge in [0.05, 0.1) is 17.4 Å². The number of pyridine rings is 1. The van der Waals surface area contributed by atoms with E-state index in [4.69, 9.17) is 4.74 Å². The summed E-state index contributed by atoms with van der Waals surface area (Å²) in [6.45, 7) is 5.67. The Labute approximate surface area is 124 Å². The number of methoxy groups -OCH3 is 1. The van der Waals surface area contributed by atoms with Crippen LogP contribution in [0.3, 0.4) is 0 Å². The van der Waals surface area contributed by atoms with Crippen molar-refractivity contribution in [2.24, 2.45) is 0 Å². The van der Waals surface area contributed by atoms with Crippen LogP contribution in [0.1, 0.15) is 37.0 Å². The van der Waals surface area contributed by atoms with Gasteiger partial charge in [-0.25, -0.2) is 9.37 Å². The molecule has 21 heavy (non-hydrogen) atoms. The number of carbonyl (C=O) groups is 1. The Morgan fingerprint density at radius 1 is 1.62 bits per heavy atom. The zero-order valence-corrected chi connectivity index (χ0v) is 12.8. The Balaban J connectivity index is 2.25. The van der Waals surface area contributed by atoms with Gasteiger partial charge in [0.25, 0.3) is 5.91 Å². The van der Waals surface area contributed by atoms with Crippen molar-refractivity contribution in [1.29, 1.82) is 0 Å². The highest BCUT2D eigenvalue weighted by Gasteiger charge is 2.34. The Bertz CT molecular complexity index is 524. The van der Waals surface area contributed by atoms with Crippen LogP contribution in [0.5, 0.6) is 0 Å². The molecule has 116 valence electrons. The fraction of sp³-hybridized carbons (Fsp3) is 0.600. The molecule has 1 N–H and O–H groups in total. The molecule has 2 rings (SSSR count). The van der Waals surface area contributed by atoms with Gasteiger partial charge in [0.2, 0.25) is 0 Å². The zero-order chi connectivity index (χ0) is 15.5. The van der Waals surface area contributed by atoms with E-state index in [9.17, 15) is 9.18 Å². The van der Waals surface area contributed by atoms with E-state index in [-0.39, 0.29) is 17.1 Å². The molecule has 0 aromatic carbocycles. The standard InChI is InChI=1S/C15H22FN3O2/c1-4-17-13-12(8-11(16)9-18-13)14(20)19-7-5-6-15(2,10-19)21-3/h8-9H,4-7,10H2,1-3H3,(H,17,18). The van der Waals surface area contributed by atoms with Crippen molar-refractivity contribution in [3.05, 3.63) is 23.6 Å². The van der Waals surface area contributed by atoms with Crippen LogP contribution in [0.4, 0.5) is 10.2 Å². The summed E-state index contributed by atoms with van der Waals surface area (Å²) in [7, 11) is 1.65. The molecule has 6 heteroatoms. The molecule has 2 heterocycles. The third-order valence-corrected chi connectivity index (χ3v) is 3.87. The molecule has 1 saturated heterocycles. The van der Waals surface area contributed by atoms with E-state index in [0.29, 0.717) is 25.5 Å². The number of nitrogens with one attached hydrogen (secondary N) is 1. The second-order valence-corrected chi connectivity index (χ2v) is 5.56. The first-order chi connectivity index (χ1) is 9.99. The first kappa shape index (κ1) is 15.7. The molecule has 1 aromatic heterocycles. The summed E-state index contributed by atoms with van der Waals surface area (Å²) >= 11 is 0. The molecule has 1 aromatic rings. The maximum absolute atomic E-state index is 13.4. The molecule has 1 aliphatic rings. The molecule has 0 bridgehead atoms. The number of amides is 1. The van der Waals surface area contributed by atoms with Crippen molar-refractivity contribution in [1.82, 2.24) is 9.88 Å². The molecule has 1 atom stereocenters. The number of likely N-dealkylation sites (tertiary alicyclic amines) is 1. The van der Waals surface area contributed by atoms with Crippen molar-refractivity contribution in [2.75, 3.05) is 32.1 Å². The third kappa shape index (κ3) is 3.50. The van der Waals surface area contributed by atoms with Gasteiger partial charge in [0.15, 0.2) is 0 Å². The summed E-state index contributed by atoms with van der Waals surface area (Å²) in [5.74, 6) is -0.291. The number of nitrogens with zero attached hydrogens (tertiary/aromatic N) is 2. The van der Waals surface area contributed by atoms with Crippen molar-refractivity contribution in [2.45, 2.75) is 32.3 Å². The predicted octanol–water partition coefficient (Wildman–Crippen LogP) is 2.29. The number of aromatic nitrogens is 1. The number of hydrogen-bond donors (Lipinski definition) is 1. The molecule has 1 aliphatic heterocycles. The Kier molecular flexibility index (Phi) is 4.77. The Hall–Kier alpha value is -1.69. The van der Waals surface area contributed by atoms with E-state index < -0.39 is 5.82 Å². The largest absolute Gasteiger partial charge is 0.377 e. The van der Waals surface area contributed by atoms with Crippen molar-refractivity contribution < 1.29 is 13.9 Å². The van der Waals surface area contributed by atoms with E-state index >= 15 is 0 Å². The Morgan fingerprint density at radius 2 is 2.38 bits per heavy atom. The fourth-order valence-electron chi connectivity index (χ4n) is 2.63. The van der Waals surface area contributed by atoms with Crippen molar-refractivity contribution >= 4 is 11.7 Å². The smallest absolute Gasteiger partial charge is 0.257 e. The Morgan fingerprint density at radius 3 is 3.05 bits per heavy atom. The van der Waals surface area contributed by atoms with Crippen LogP contribution in [0.15, 0.2) is 12.3 Å². The lowest BCUT2D eigenvalue weighted by Gasteiger charge is -2.39. The SMILES string of the molecule is CCNc1ncc(F)cc1C(=O)N1CCCC(C)(OC)C1. The normalized spacial score (nSPS) is 22.2. The molecule has 1 unspecified atom stereocenters. The summed E-state index contributed by atoms with van der Waals surface area (Å²) in [4.78, 5) is 18.4. The van der Waals surface area contributed by atoms with Gasteiger partial charge in [-0.05, 0) is 32.8 Å². The topological polar surface area (TPSA) is 54.5 Å². The first-order valence-electron chi connectivity index (χ1n) is 7.23. The number of anilines is 1. The monoisotopic (exact) mass is 295 g/mol. The summed E-state index contributed by atoms with van der Waals surface area (Å²) in [6.07, 6.45) is 2.90.